The molecule has 21 heavy (non-hydrogen) atoms. The van der Waals surface area contributed by atoms with Crippen molar-refractivity contribution in [3.05, 3.63) is 65.0 Å². The molecule has 2 aromatic rings. The monoisotopic (exact) mass is 303 g/mol. The largest absolute Gasteiger partial charge is 0.306 e. The van der Waals surface area contributed by atoms with E-state index >= 15 is 0 Å². The SMILES string of the molecule is CCCNC(c1ccc(F)cc1C)c1ccccc1SC. The first kappa shape index (κ1) is 16.1. The second-order valence-electron chi connectivity index (χ2n) is 5.13. The van der Waals surface area contributed by atoms with Crippen LogP contribution in [0.2, 0.25) is 0 Å². The van der Waals surface area contributed by atoms with Crippen molar-refractivity contribution in [1.82, 2.24) is 5.32 Å². The van der Waals surface area contributed by atoms with E-state index in [0.29, 0.717) is 0 Å². The van der Waals surface area contributed by atoms with Gasteiger partial charge in [0.2, 0.25) is 0 Å². The van der Waals surface area contributed by atoms with Crippen LogP contribution in [0, 0.1) is 12.7 Å². The minimum absolute atomic E-state index is 0.106. The summed E-state index contributed by atoms with van der Waals surface area (Å²) >= 11 is 1.75. The van der Waals surface area contributed by atoms with Crippen molar-refractivity contribution in [3.8, 4) is 0 Å². The molecule has 112 valence electrons. The van der Waals surface area contributed by atoms with Gasteiger partial charge in [-0.3, -0.25) is 0 Å². The van der Waals surface area contributed by atoms with Crippen molar-refractivity contribution in [2.24, 2.45) is 0 Å². The van der Waals surface area contributed by atoms with Crippen molar-refractivity contribution in [2.45, 2.75) is 31.2 Å². The molecule has 0 saturated carbocycles. The standard InChI is InChI=1S/C18H22FNS/c1-4-11-20-18(15-10-9-14(19)12-13(15)2)16-7-5-6-8-17(16)21-3/h5-10,12,18,20H,4,11H2,1-3H3. The van der Waals surface area contributed by atoms with Crippen molar-refractivity contribution in [2.75, 3.05) is 12.8 Å². The predicted octanol–water partition coefficient (Wildman–Crippen LogP) is 4.95. The van der Waals surface area contributed by atoms with E-state index in [1.165, 1.54) is 10.5 Å². The molecular formula is C18H22FNS. The minimum atomic E-state index is -0.177. The maximum absolute atomic E-state index is 13.4. The van der Waals surface area contributed by atoms with E-state index in [0.717, 1.165) is 24.1 Å². The molecule has 0 amide bonds. The third kappa shape index (κ3) is 3.86. The minimum Gasteiger partial charge on any atom is -0.306 e. The fourth-order valence-electron chi connectivity index (χ4n) is 2.54. The molecule has 0 spiro atoms. The molecule has 0 saturated heterocycles. The highest BCUT2D eigenvalue weighted by molar-refractivity contribution is 7.98. The molecule has 1 N–H and O–H groups in total. The van der Waals surface area contributed by atoms with Crippen molar-refractivity contribution in [1.29, 1.82) is 0 Å². The lowest BCUT2D eigenvalue weighted by Crippen LogP contribution is -2.24. The van der Waals surface area contributed by atoms with Crippen LogP contribution >= 0.6 is 11.8 Å². The van der Waals surface area contributed by atoms with Gasteiger partial charge in [0, 0.05) is 4.90 Å². The zero-order valence-electron chi connectivity index (χ0n) is 12.8. The Balaban J connectivity index is 2.47. The first-order valence-corrected chi connectivity index (χ1v) is 8.52. The molecule has 0 heterocycles. The first-order valence-electron chi connectivity index (χ1n) is 7.29. The van der Waals surface area contributed by atoms with Crippen molar-refractivity contribution >= 4 is 11.8 Å². The van der Waals surface area contributed by atoms with Crippen molar-refractivity contribution in [3.63, 3.8) is 0 Å². The number of hydrogen-bond donors (Lipinski definition) is 1. The number of halogens is 1. The Bertz CT molecular complexity index is 598. The van der Waals surface area contributed by atoms with Crippen LogP contribution in [0.25, 0.3) is 0 Å². The molecule has 0 aliphatic heterocycles. The quantitative estimate of drug-likeness (QED) is 0.758. The van der Waals surface area contributed by atoms with E-state index in [4.69, 9.17) is 0 Å². The fourth-order valence-corrected chi connectivity index (χ4v) is 3.18. The molecule has 1 nitrogen and oxygen atoms in total. The first-order chi connectivity index (χ1) is 10.2. The average molecular weight is 303 g/mol. The zero-order valence-corrected chi connectivity index (χ0v) is 13.6. The molecule has 0 radical (unpaired) electrons. The summed E-state index contributed by atoms with van der Waals surface area (Å²) in [4.78, 5) is 1.26. The highest BCUT2D eigenvalue weighted by Crippen LogP contribution is 2.31. The number of rotatable bonds is 6. The summed E-state index contributed by atoms with van der Waals surface area (Å²) in [5.74, 6) is -0.177. The molecule has 0 bridgehead atoms. The number of aryl methyl sites for hydroxylation is 1. The molecule has 0 aliphatic rings. The lowest BCUT2D eigenvalue weighted by molar-refractivity contribution is 0.584. The second kappa shape index (κ2) is 7.62. The predicted molar refractivity (Wildman–Crippen MR) is 89.5 cm³/mol. The van der Waals surface area contributed by atoms with Gasteiger partial charge in [0.15, 0.2) is 0 Å². The van der Waals surface area contributed by atoms with E-state index in [1.54, 1.807) is 23.9 Å². The average Bonchev–Trinajstić information content (AvgIpc) is 2.49. The molecular weight excluding hydrogens is 281 g/mol. The Morgan fingerprint density at radius 2 is 1.90 bits per heavy atom. The van der Waals surface area contributed by atoms with Crippen LogP contribution in [0.5, 0.6) is 0 Å². The summed E-state index contributed by atoms with van der Waals surface area (Å²) < 4.78 is 13.4. The third-order valence-corrected chi connectivity index (χ3v) is 4.40. The molecule has 2 aromatic carbocycles. The van der Waals surface area contributed by atoms with E-state index in [-0.39, 0.29) is 11.9 Å². The Kier molecular flexibility index (Phi) is 5.83. The number of nitrogens with one attached hydrogen (secondary N) is 1. The van der Waals surface area contributed by atoms with Gasteiger partial charge in [-0.2, -0.15) is 0 Å². The summed E-state index contributed by atoms with van der Waals surface area (Å²) in [5.41, 5.74) is 3.39. The van der Waals surface area contributed by atoms with E-state index in [2.05, 4.69) is 42.8 Å². The van der Waals surface area contributed by atoms with Gasteiger partial charge < -0.3 is 5.32 Å². The maximum atomic E-state index is 13.4. The highest BCUT2D eigenvalue weighted by atomic mass is 32.2. The zero-order chi connectivity index (χ0) is 15.2. The van der Waals surface area contributed by atoms with Gasteiger partial charge in [0.1, 0.15) is 5.82 Å². The van der Waals surface area contributed by atoms with Gasteiger partial charge in [-0.05, 0) is 61.0 Å². The Hall–Kier alpha value is -1.32. The van der Waals surface area contributed by atoms with Gasteiger partial charge in [-0.15, -0.1) is 11.8 Å². The van der Waals surface area contributed by atoms with Crippen LogP contribution in [-0.4, -0.2) is 12.8 Å². The second-order valence-corrected chi connectivity index (χ2v) is 5.98. The third-order valence-electron chi connectivity index (χ3n) is 3.59. The molecule has 2 rings (SSSR count). The Morgan fingerprint density at radius 1 is 1.14 bits per heavy atom. The lowest BCUT2D eigenvalue weighted by atomic mass is 9.94. The highest BCUT2D eigenvalue weighted by Gasteiger charge is 2.18. The van der Waals surface area contributed by atoms with Crippen molar-refractivity contribution < 1.29 is 4.39 Å². The molecule has 1 atom stereocenters. The smallest absolute Gasteiger partial charge is 0.123 e. The molecule has 0 fully saturated rings. The van der Waals surface area contributed by atoms with Crippen LogP contribution in [0.1, 0.15) is 36.1 Å². The maximum Gasteiger partial charge on any atom is 0.123 e. The Morgan fingerprint density at radius 3 is 2.57 bits per heavy atom. The number of hydrogen-bond acceptors (Lipinski definition) is 2. The van der Waals surface area contributed by atoms with Crippen LogP contribution in [0.4, 0.5) is 4.39 Å². The molecule has 0 aromatic heterocycles. The Labute approximate surface area is 131 Å². The van der Waals surface area contributed by atoms with E-state index in [9.17, 15) is 4.39 Å². The van der Waals surface area contributed by atoms with Crippen LogP contribution in [0.15, 0.2) is 47.4 Å². The molecule has 3 heteroatoms. The van der Waals surface area contributed by atoms with Gasteiger partial charge in [0.25, 0.3) is 0 Å². The summed E-state index contributed by atoms with van der Waals surface area (Å²) in [6, 6.07) is 13.6. The van der Waals surface area contributed by atoms with Crippen LogP contribution in [-0.2, 0) is 0 Å². The molecule has 0 aliphatic carbocycles. The number of thioether (sulfide) groups is 1. The van der Waals surface area contributed by atoms with E-state index < -0.39 is 0 Å². The van der Waals surface area contributed by atoms with E-state index in [1.807, 2.05) is 13.0 Å². The summed E-state index contributed by atoms with van der Waals surface area (Å²) in [5, 5.41) is 3.60. The normalized spacial score (nSPS) is 12.4. The number of benzene rings is 2. The van der Waals surface area contributed by atoms with Crippen LogP contribution in [0.3, 0.4) is 0 Å². The summed E-state index contributed by atoms with van der Waals surface area (Å²) in [6.45, 7) is 5.06. The lowest BCUT2D eigenvalue weighted by Gasteiger charge is -2.23. The summed E-state index contributed by atoms with van der Waals surface area (Å²) in [7, 11) is 0. The summed E-state index contributed by atoms with van der Waals surface area (Å²) in [6.07, 6.45) is 3.16. The van der Waals surface area contributed by atoms with Gasteiger partial charge in [0.05, 0.1) is 6.04 Å². The van der Waals surface area contributed by atoms with Crippen LogP contribution < -0.4 is 5.32 Å². The van der Waals surface area contributed by atoms with Gasteiger partial charge in [-0.1, -0.05) is 31.2 Å². The van der Waals surface area contributed by atoms with Gasteiger partial charge >= 0.3 is 0 Å². The fraction of sp³-hybridized carbons (Fsp3) is 0.333. The van der Waals surface area contributed by atoms with Gasteiger partial charge in [-0.25, -0.2) is 4.39 Å². The topological polar surface area (TPSA) is 12.0 Å². The molecule has 1 unspecified atom stereocenters.